The summed E-state index contributed by atoms with van der Waals surface area (Å²) in [6, 6.07) is 8.65. The number of hydrogen-bond acceptors (Lipinski definition) is 4. The standard InChI is InChI=1S/C16H11ClF3N3O2S/c17-14-10(5-6-26-14)12-7-9(22-23-12)8-21-15(24)11-3-1-2-4-13(11)25-16(18,19)20/h1-7H,8H2,(H,21,24)(H,22,23). The van der Waals surface area contributed by atoms with E-state index in [4.69, 9.17) is 11.6 Å². The molecule has 2 heterocycles. The highest BCUT2D eigenvalue weighted by Gasteiger charge is 2.32. The fourth-order valence-corrected chi connectivity index (χ4v) is 3.14. The number of thiophene rings is 1. The summed E-state index contributed by atoms with van der Waals surface area (Å²) in [7, 11) is 0. The lowest BCUT2D eigenvalue weighted by Gasteiger charge is -2.12. The molecular weight excluding hydrogens is 391 g/mol. The summed E-state index contributed by atoms with van der Waals surface area (Å²) in [6.45, 7) is 0.0495. The summed E-state index contributed by atoms with van der Waals surface area (Å²) in [5, 5.41) is 11.2. The molecule has 5 nitrogen and oxygen atoms in total. The molecule has 0 spiro atoms. The number of rotatable bonds is 5. The lowest BCUT2D eigenvalue weighted by molar-refractivity contribution is -0.274. The second kappa shape index (κ2) is 7.38. The van der Waals surface area contributed by atoms with Gasteiger partial charge in [-0.3, -0.25) is 9.89 Å². The highest BCUT2D eigenvalue weighted by atomic mass is 35.5. The number of nitrogens with one attached hydrogen (secondary N) is 2. The van der Waals surface area contributed by atoms with E-state index in [1.165, 1.54) is 29.5 Å². The van der Waals surface area contributed by atoms with E-state index in [2.05, 4.69) is 20.3 Å². The average Bonchev–Trinajstić information content (AvgIpc) is 3.20. The molecule has 10 heteroatoms. The largest absolute Gasteiger partial charge is 0.573 e. The van der Waals surface area contributed by atoms with Crippen LogP contribution in [0, 0.1) is 0 Å². The zero-order valence-corrected chi connectivity index (χ0v) is 14.5. The van der Waals surface area contributed by atoms with E-state index in [0.717, 1.165) is 11.6 Å². The lowest BCUT2D eigenvalue weighted by Crippen LogP contribution is -2.25. The summed E-state index contributed by atoms with van der Waals surface area (Å²) in [5.41, 5.74) is 1.73. The molecule has 1 aromatic carbocycles. The monoisotopic (exact) mass is 401 g/mol. The number of carbonyl (C=O) groups excluding carboxylic acids is 1. The van der Waals surface area contributed by atoms with Crippen molar-refractivity contribution in [3.8, 4) is 17.0 Å². The molecule has 0 atom stereocenters. The Balaban J connectivity index is 1.69. The first-order valence-corrected chi connectivity index (χ1v) is 8.50. The second-order valence-electron chi connectivity index (χ2n) is 5.11. The van der Waals surface area contributed by atoms with Gasteiger partial charge in [-0.15, -0.1) is 24.5 Å². The van der Waals surface area contributed by atoms with Gasteiger partial charge in [0.2, 0.25) is 0 Å². The number of ether oxygens (including phenoxy) is 1. The molecule has 3 aromatic rings. The highest BCUT2D eigenvalue weighted by Crippen LogP contribution is 2.31. The van der Waals surface area contributed by atoms with Crippen molar-refractivity contribution in [1.82, 2.24) is 15.5 Å². The molecule has 3 rings (SSSR count). The minimum atomic E-state index is -4.88. The summed E-state index contributed by atoms with van der Waals surface area (Å²) in [5.74, 6) is -1.26. The number of aromatic amines is 1. The molecule has 2 N–H and O–H groups in total. The maximum absolute atomic E-state index is 12.4. The Bertz CT molecular complexity index is 923. The van der Waals surface area contributed by atoms with Gasteiger partial charge < -0.3 is 10.1 Å². The number of aromatic nitrogens is 2. The molecule has 0 aliphatic carbocycles. The van der Waals surface area contributed by atoms with E-state index in [1.807, 2.05) is 11.4 Å². The van der Waals surface area contributed by atoms with Crippen LogP contribution in [-0.4, -0.2) is 22.5 Å². The molecular formula is C16H11ClF3N3O2S. The smallest absolute Gasteiger partial charge is 0.405 e. The molecule has 2 aromatic heterocycles. The van der Waals surface area contributed by atoms with E-state index in [0.29, 0.717) is 15.7 Å². The Morgan fingerprint density at radius 1 is 1.31 bits per heavy atom. The molecule has 0 fully saturated rings. The molecule has 0 aliphatic heterocycles. The van der Waals surface area contributed by atoms with Gasteiger partial charge in [0.05, 0.1) is 23.5 Å². The van der Waals surface area contributed by atoms with E-state index in [1.54, 1.807) is 6.07 Å². The van der Waals surface area contributed by atoms with Gasteiger partial charge in [0.25, 0.3) is 5.91 Å². The molecule has 0 unspecified atom stereocenters. The lowest BCUT2D eigenvalue weighted by atomic mass is 10.2. The number of alkyl halides is 3. The SMILES string of the molecule is O=C(NCc1cc(-c2ccsc2Cl)n[nH]1)c1ccccc1OC(F)(F)F. The highest BCUT2D eigenvalue weighted by molar-refractivity contribution is 7.15. The molecule has 1 amide bonds. The van der Waals surface area contributed by atoms with Gasteiger partial charge in [-0.25, -0.2) is 0 Å². The third-order valence-electron chi connectivity index (χ3n) is 3.32. The van der Waals surface area contributed by atoms with Crippen molar-refractivity contribution >= 4 is 28.8 Å². The number of nitrogens with zero attached hydrogens (tertiary/aromatic N) is 1. The number of benzene rings is 1. The van der Waals surface area contributed by atoms with E-state index in [-0.39, 0.29) is 12.1 Å². The average molecular weight is 402 g/mol. The van der Waals surface area contributed by atoms with Gasteiger partial charge in [-0.2, -0.15) is 5.10 Å². The topological polar surface area (TPSA) is 67.0 Å². The maximum Gasteiger partial charge on any atom is 0.573 e. The van der Waals surface area contributed by atoms with Crippen molar-refractivity contribution in [2.24, 2.45) is 0 Å². The molecule has 136 valence electrons. The summed E-state index contributed by atoms with van der Waals surface area (Å²) < 4.78 is 41.8. The predicted molar refractivity (Wildman–Crippen MR) is 91.2 cm³/mol. The number of para-hydroxylation sites is 1. The first-order chi connectivity index (χ1) is 12.3. The number of amides is 1. The van der Waals surface area contributed by atoms with Crippen molar-refractivity contribution in [3.05, 3.63) is 57.4 Å². The zero-order chi connectivity index (χ0) is 18.7. The fraction of sp³-hybridized carbons (Fsp3) is 0.125. The minimum Gasteiger partial charge on any atom is -0.405 e. The summed E-state index contributed by atoms with van der Waals surface area (Å²) in [4.78, 5) is 12.2. The first-order valence-electron chi connectivity index (χ1n) is 7.24. The van der Waals surface area contributed by atoms with Gasteiger partial charge in [0.1, 0.15) is 10.1 Å². The van der Waals surface area contributed by atoms with Crippen molar-refractivity contribution in [3.63, 3.8) is 0 Å². The van der Waals surface area contributed by atoms with Crippen LogP contribution in [0.1, 0.15) is 16.1 Å². The number of carbonyl (C=O) groups is 1. The quantitative estimate of drug-likeness (QED) is 0.655. The van der Waals surface area contributed by atoms with Crippen LogP contribution in [0.5, 0.6) is 5.75 Å². The van der Waals surface area contributed by atoms with Gasteiger partial charge in [0.15, 0.2) is 0 Å². The Morgan fingerprint density at radius 2 is 2.08 bits per heavy atom. The van der Waals surface area contributed by atoms with Gasteiger partial charge in [-0.1, -0.05) is 23.7 Å². The molecule has 0 saturated heterocycles. The van der Waals surface area contributed by atoms with Crippen molar-refractivity contribution in [2.45, 2.75) is 12.9 Å². The number of hydrogen-bond donors (Lipinski definition) is 2. The third-order valence-corrected chi connectivity index (χ3v) is 4.49. The van der Waals surface area contributed by atoms with Crippen molar-refractivity contribution in [2.75, 3.05) is 0 Å². The van der Waals surface area contributed by atoms with Gasteiger partial charge >= 0.3 is 6.36 Å². The third kappa shape index (κ3) is 4.36. The summed E-state index contributed by atoms with van der Waals surface area (Å²) >= 11 is 7.42. The van der Waals surface area contributed by atoms with Crippen LogP contribution in [0.25, 0.3) is 11.3 Å². The van der Waals surface area contributed by atoms with Crippen LogP contribution in [0.15, 0.2) is 41.8 Å². The van der Waals surface area contributed by atoms with E-state index >= 15 is 0 Å². The van der Waals surface area contributed by atoms with Crippen LogP contribution in [0.3, 0.4) is 0 Å². The Morgan fingerprint density at radius 3 is 2.77 bits per heavy atom. The Labute approximate surface area is 154 Å². The van der Waals surface area contributed by atoms with E-state index in [9.17, 15) is 18.0 Å². The second-order valence-corrected chi connectivity index (χ2v) is 6.63. The molecule has 0 aliphatic rings. The van der Waals surface area contributed by atoms with Crippen LogP contribution < -0.4 is 10.1 Å². The molecule has 0 radical (unpaired) electrons. The van der Waals surface area contributed by atoms with E-state index < -0.39 is 18.0 Å². The van der Waals surface area contributed by atoms with Crippen LogP contribution in [0.4, 0.5) is 13.2 Å². The predicted octanol–water partition coefficient (Wildman–Crippen LogP) is 4.62. The fourth-order valence-electron chi connectivity index (χ4n) is 2.21. The Hall–Kier alpha value is -2.52. The molecule has 0 saturated carbocycles. The van der Waals surface area contributed by atoms with Crippen LogP contribution >= 0.6 is 22.9 Å². The van der Waals surface area contributed by atoms with Crippen LogP contribution in [-0.2, 0) is 6.54 Å². The van der Waals surface area contributed by atoms with Crippen LogP contribution in [0.2, 0.25) is 4.34 Å². The zero-order valence-electron chi connectivity index (χ0n) is 12.9. The van der Waals surface area contributed by atoms with Crippen molar-refractivity contribution in [1.29, 1.82) is 0 Å². The van der Waals surface area contributed by atoms with Gasteiger partial charge in [0, 0.05) is 5.56 Å². The Kier molecular flexibility index (Phi) is 5.19. The minimum absolute atomic E-state index is 0.0495. The number of H-pyrrole nitrogens is 1. The van der Waals surface area contributed by atoms with Crippen molar-refractivity contribution < 1.29 is 22.7 Å². The first kappa shape index (κ1) is 18.3. The normalized spacial score (nSPS) is 11.4. The molecule has 26 heavy (non-hydrogen) atoms. The van der Waals surface area contributed by atoms with Gasteiger partial charge in [-0.05, 0) is 29.6 Å². The summed E-state index contributed by atoms with van der Waals surface area (Å²) in [6.07, 6.45) is -4.88. The number of halogens is 4. The molecule has 0 bridgehead atoms. The maximum atomic E-state index is 12.4.